The van der Waals surface area contributed by atoms with Crippen LogP contribution in [0.5, 0.6) is 0 Å². The molecule has 1 heterocycles. The number of aromatic amines is 1. The van der Waals surface area contributed by atoms with Crippen LogP contribution in [0.15, 0.2) is 64.5 Å². The Labute approximate surface area is 176 Å². The molecule has 0 atom stereocenters. The van der Waals surface area contributed by atoms with Gasteiger partial charge in [0.1, 0.15) is 0 Å². The summed E-state index contributed by atoms with van der Waals surface area (Å²) >= 11 is 1.64. The average molecular weight is 403 g/mol. The molecule has 4 heteroatoms. The average Bonchev–Trinajstić information content (AvgIpc) is 2.76. The first kappa shape index (κ1) is 18.7. The van der Waals surface area contributed by atoms with E-state index in [9.17, 15) is 4.79 Å². The van der Waals surface area contributed by atoms with Gasteiger partial charge in [0, 0.05) is 22.3 Å². The molecule has 2 aromatic carbocycles. The molecule has 0 bridgehead atoms. The van der Waals surface area contributed by atoms with Gasteiger partial charge in [-0.3, -0.25) is 4.79 Å². The molecule has 1 spiro atoms. The molecule has 3 nitrogen and oxygen atoms in total. The van der Waals surface area contributed by atoms with Gasteiger partial charge in [-0.05, 0) is 36.8 Å². The molecule has 3 aromatic rings. The van der Waals surface area contributed by atoms with E-state index in [0.29, 0.717) is 0 Å². The number of hydrogen-bond acceptors (Lipinski definition) is 3. The summed E-state index contributed by atoms with van der Waals surface area (Å²) in [4.78, 5) is 21.0. The molecule has 0 saturated heterocycles. The van der Waals surface area contributed by atoms with E-state index in [1.54, 1.807) is 11.8 Å². The van der Waals surface area contributed by atoms with Gasteiger partial charge in [-0.25, -0.2) is 4.98 Å². The highest BCUT2D eigenvalue weighted by molar-refractivity contribution is 7.99. The maximum atomic E-state index is 13.0. The van der Waals surface area contributed by atoms with Crippen molar-refractivity contribution in [1.29, 1.82) is 0 Å². The number of hydrogen-bond donors (Lipinski definition) is 1. The quantitative estimate of drug-likeness (QED) is 0.461. The Hall–Kier alpha value is -2.33. The topological polar surface area (TPSA) is 45.8 Å². The number of rotatable bonds is 4. The molecule has 0 radical (unpaired) electrons. The van der Waals surface area contributed by atoms with E-state index in [-0.39, 0.29) is 11.0 Å². The summed E-state index contributed by atoms with van der Waals surface area (Å²) in [6, 6.07) is 19.1. The number of aromatic nitrogens is 2. The molecule has 0 unspecified atom stereocenters. The van der Waals surface area contributed by atoms with Crippen molar-refractivity contribution >= 4 is 11.8 Å². The molecular formula is C25H26N2OS. The molecule has 1 N–H and O–H groups in total. The maximum Gasteiger partial charge on any atom is 0.255 e. The number of benzene rings is 2. The first-order chi connectivity index (χ1) is 14.3. The third-order valence-electron chi connectivity index (χ3n) is 6.55. The Morgan fingerprint density at radius 3 is 2.55 bits per heavy atom. The Balaban J connectivity index is 1.46. The fourth-order valence-corrected chi connectivity index (χ4v) is 5.95. The van der Waals surface area contributed by atoms with Crippen LogP contribution in [0.2, 0.25) is 0 Å². The number of aryl methyl sites for hydroxylation is 1. The lowest BCUT2D eigenvalue weighted by molar-refractivity contribution is 0.287. The van der Waals surface area contributed by atoms with Crippen LogP contribution in [0.25, 0.3) is 11.3 Å². The summed E-state index contributed by atoms with van der Waals surface area (Å²) in [5.41, 5.74) is 5.86. The van der Waals surface area contributed by atoms with E-state index in [2.05, 4.69) is 53.5 Å². The highest BCUT2D eigenvalue weighted by atomic mass is 32.2. The molecule has 1 aromatic heterocycles. The van der Waals surface area contributed by atoms with Crippen molar-refractivity contribution in [1.82, 2.24) is 9.97 Å². The van der Waals surface area contributed by atoms with Crippen LogP contribution in [-0.4, -0.2) is 15.7 Å². The van der Waals surface area contributed by atoms with Crippen molar-refractivity contribution in [3.05, 3.63) is 81.6 Å². The minimum Gasteiger partial charge on any atom is -0.301 e. The first-order valence-electron chi connectivity index (χ1n) is 10.6. The van der Waals surface area contributed by atoms with Crippen molar-refractivity contribution in [3.63, 3.8) is 0 Å². The Morgan fingerprint density at radius 1 is 0.966 bits per heavy atom. The number of fused-ring (bicyclic) bond motifs is 4. The van der Waals surface area contributed by atoms with Gasteiger partial charge < -0.3 is 4.98 Å². The minimum atomic E-state index is 0.0525. The van der Waals surface area contributed by atoms with Crippen LogP contribution >= 0.6 is 11.8 Å². The summed E-state index contributed by atoms with van der Waals surface area (Å²) in [6.07, 6.45) is 7.96. The van der Waals surface area contributed by atoms with Crippen molar-refractivity contribution in [2.24, 2.45) is 0 Å². The van der Waals surface area contributed by atoms with Gasteiger partial charge in [-0.15, -0.1) is 0 Å². The smallest absolute Gasteiger partial charge is 0.255 e. The Bertz CT molecular complexity index is 1070. The molecule has 1 saturated carbocycles. The van der Waals surface area contributed by atoms with Crippen molar-refractivity contribution < 1.29 is 0 Å². The summed E-state index contributed by atoms with van der Waals surface area (Å²) < 4.78 is 0. The molecule has 1 fully saturated rings. The second-order valence-electron chi connectivity index (χ2n) is 8.35. The highest BCUT2D eigenvalue weighted by Crippen LogP contribution is 2.49. The number of thioether (sulfide) groups is 1. The molecule has 148 valence electrons. The van der Waals surface area contributed by atoms with E-state index < -0.39 is 0 Å². The van der Waals surface area contributed by atoms with E-state index in [1.807, 2.05) is 6.07 Å². The number of nitrogens with zero attached hydrogens (tertiary/aromatic N) is 1. The fraction of sp³-hybridized carbons (Fsp3) is 0.360. The van der Waals surface area contributed by atoms with E-state index in [4.69, 9.17) is 4.98 Å². The van der Waals surface area contributed by atoms with Crippen LogP contribution < -0.4 is 5.56 Å². The molecule has 2 aliphatic carbocycles. The SMILES string of the molecule is O=c1[nH]c(SCCc2ccccc2)nc2c1CC1(CCCCC1)c1ccccc1-2. The zero-order valence-corrected chi connectivity index (χ0v) is 17.4. The van der Waals surface area contributed by atoms with Crippen molar-refractivity contribution in [2.45, 2.75) is 55.5 Å². The standard InChI is InChI=1S/C25H26N2OS/c28-23-20-17-25(14-7-2-8-15-25)21-12-6-5-11-19(21)22(20)26-24(27-23)29-16-13-18-9-3-1-4-10-18/h1,3-6,9-12H,2,7-8,13-17H2,(H,26,27,28). The third-order valence-corrected chi connectivity index (χ3v) is 7.42. The van der Waals surface area contributed by atoms with Gasteiger partial charge in [0.05, 0.1) is 5.69 Å². The fourth-order valence-electron chi connectivity index (χ4n) is 5.10. The monoisotopic (exact) mass is 402 g/mol. The summed E-state index contributed by atoms with van der Waals surface area (Å²) in [7, 11) is 0. The maximum absolute atomic E-state index is 13.0. The minimum absolute atomic E-state index is 0.0525. The van der Waals surface area contributed by atoms with Crippen molar-refractivity contribution in [3.8, 4) is 11.3 Å². The van der Waals surface area contributed by atoms with E-state index in [0.717, 1.165) is 35.0 Å². The van der Waals surface area contributed by atoms with Crippen LogP contribution in [0.4, 0.5) is 0 Å². The normalized spacial score (nSPS) is 17.0. The third kappa shape index (κ3) is 3.55. The summed E-state index contributed by atoms with van der Waals surface area (Å²) in [5.74, 6) is 0.900. The van der Waals surface area contributed by atoms with Gasteiger partial charge in [0.25, 0.3) is 5.56 Å². The van der Waals surface area contributed by atoms with Gasteiger partial charge >= 0.3 is 0 Å². The molecular weight excluding hydrogens is 376 g/mol. The van der Waals surface area contributed by atoms with Crippen LogP contribution in [0.3, 0.4) is 0 Å². The second-order valence-corrected chi connectivity index (χ2v) is 9.43. The van der Waals surface area contributed by atoms with Gasteiger partial charge in [-0.1, -0.05) is 85.6 Å². The van der Waals surface area contributed by atoms with E-state index >= 15 is 0 Å². The highest BCUT2D eigenvalue weighted by Gasteiger charge is 2.41. The number of nitrogens with one attached hydrogen (secondary N) is 1. The van der Waals surface area contributed by atoms with Crippen molar-refractivity contribution in [2.75, 3.05) is 5.75 Å². The zero-order chi connectivity index (χ0) is 19.7. The zero-order valence-electron chi connectivity index (χ0n) is 16.6. The predicted molar refractivity (Wildman–Crippen MR) is 120 cm³/mol. The predicted octanol–water partition coefficient (Wildman–Crippen LogP) is 5.53. The lowest BCUT2D eigenvalue weighted by Gasteiger charge is -2.42. The van der Waals surface area contributed by atoms with E-state index in [1.165, 1.54) is 48.8 Å². The molecule has 0 aliphatic heterocycles. The van der Waals surface area contributed by atoms with Crippen LogP contribution in [0.1, 0.15) is 48.8 Å². The first-order valence-corrected chi connectivity index (χ1v) is 11.6. The Kier molecular flexibility index (Phi) is 5.04. The summed E-state index contributed by atoms with van der Waals surface area (Å²) in [5, 5.41) is 0.735. The van der Waals surface area contributed by atoms with Gasteiger partial charge in [0.15, 0.2) is 5.16 Å². The largest absolute Gasteiger partial charge is 0.301 e. The second kappa shape index (κ2) is 7.83. The van der Waals surface area contributed by atoms with Crippen LogP contribution in [0, 0.1) is 0 Å². The molecule has 5 rings (SSSR count). The lowest BCUT2D eigenvalue weighted by Crippen LogP contribution is -2.38. The lowest BCUT2D eigenvalue weighted by atomic mass is 9.62. The molecule has 0 amide bonds. The summed E-state index contributed by atoms with van der Waals surface area (Å²) in [6.45, 7) is 0. The van der Waals surface area contributed by atoms with Crippen LogP contribution in [-0.2, 0) is 18.3 Å². The van der Waals surface area contributed by atoms with Gasteiger partial charge in [-0.2, -0.15) is 0 Å². The Morgan fingerprint density at radius 2 is 1.72 bits per heavy atom. The molecule has 2 aliphatic rings. The molecule has 29 heavy (non-hydrogen) atoms. The number of H-pyrrole nitrogens is 1. The van der Waals surface area contributed by atoms with Gasteiger partial charge in [0.2, 0.25) is 0 Å².